The Bertz CT molecular complexity index is 448. The monoisotopic (exact) mass is 230 g/mol. The van der Waals surface area contributed by atoms with Gasteiger partial charge in [0.15, 0.2) is 0 Å². The van der Waals surface area contributed by atoms with Crippen LogP contribution in [0.15, 0.2) is 36.9 Å². The van der Waals surface area contributed by atoms with Crippen molar-refractivity contribution in [1.29, 1.82) is 0 Å². The highest BCUT2D eigenvalue weighted by Gasteiger charge is 2.04. The Balaban J connectivity index is 2.11. The fourth-order valence-electron chi connectivity index (χ4n) is 1.86. The molecule has 0 fully saturated rings. The van der Waals surface area contributed by atoms with Crippen molar-refractivity contribution in [3.63, 3.8) is 0 Å². The first-order valence-corrected chi connectivity index (χ1v) is 5.85. The molecule has 2 aromatic rings. The van der Waals surface area contributed by atoms with Gasteiger partial charge in [-0.3, -0.25) is 0 Å². The van der Waals surface area contributed by atoms with Crippen molar-refractivity contribution in [2.45, 2.75) is 12.8 Å². The van der Waals surface area contributed by atoms with Crippen LogP contribution in [0.4, 0.5) is 0 Å². The highest BCUT2D eigenvalue weighted by atomic mass is 15.3. The van der Waals surface area contributed by atoms with Crippen LogP contribution in [-0.4, -0.2) is 40.3 Å². The summed E-state index contributed by atoms with van der Waals surface area (Å²) < 4.78 is 1.82. The van der Waals surface area contributed by atoms with Gasteiger partial charge in [-0.15, -0.1) is 0 Å². The Labute approximate surface area is 102 Å². The van der Waals surface area contributed by atoms with E-state index in [0.717, 1.165) is 25.1 Å². The smallest absolute Gasteiger partial charge is 0.138 e. The van der Waals surface area contributed by atoms with Gasteiger partial charge in [-0.05, 0) is 45.1 Å². The van der Waals surface area contributed by atoms with Gasteiger partial charge in [0.25, 0.3) is 0 Å². The first kappa shape index (κ1) is 11.8. The first-order valence-electron chi connectivity index (χ1n) is 5.85. The van der Waals surface area contributed by atoms with Gasteiger partial charge in [0.2, 0.25) is 0 Å². The fourth-order valence-corrected chi connectivity index (χ4v) is 1.86. The Hall–Kier alpha value is -1.68. The average molecular weight is 230 g/mol. The molecule has 0 atom stereocenters. The van der Waals surface area contributed by atoms with Gasteiger partial charge in [-0.1, -0.05) is 18.2 Å². The van der Waals surface area contributed by atoms with Crippen molar-refractivity contribution < 1.29 is 0 Å². The lowest BCUT2D eigenvalue weighted by Crippen LogP contribution is -2.14. The maximum atomic E-state index is 4.19. The lowest BCUT2D eigenvalue weighted by atomic mass is 10.1. The molecule has 0 aliphatic heterocycles. The molecular formula is C13H18N4. The summed E-state index contributed by atoms with van der Waals surface area (Å²) in [5.74, 6) is 0. The first-order chi connectivity index (χ1) is 8.27. The molecule has 0 amide bonds. The summed E-state index contributed by atoms with van der Waals surface area (Å²) in [6.45, 7) is 1.10. The van der Waals surface area contributed by atoms with Crippen LogP contribution in [-0.2, 0) is 6.42 Å². The van der Waals surface area contributed by atoms with E-state index in [1.54, 1.807) is 12.7 Å². The standard InChI is InChI=1S/C13H18N4/c1-16(2)9-5-7-12-6-3-4-8-13(12)17-11-14-10-15-17/h3-4,6,8,10-11H,5,7,9H2,1-2H3. The molecule has 0 bridgehead atoms. The minimum Gasteiger partial charge on any atom is -0.309 e. The predicted molar refractivity (Wildman–Crippen MR) is 68.2 cm³/mol. The van der Waals surface area contributed by atoms with Gasteiger partial charge in [-0.25, -0.2) is 9.67 Å². The van der Waals surface area contributed by atoms with E-state index in [1.807, 2.05) is 10.7 Å². The highest BCUT2D eigenvalue weighted by molar-refractivity contribution is 5.39. The number of hydrogen-bond acceptors (Lipinski definition) is 3. The van der Waals surface area contributed by atoms with Gasteiger partial charge in [0.05, 0.1) is 5.69 Å². The lowest BCUT2D eigenvalue weighted by Gasteiger charge is -2.11. The Morgan fingerprint density at radius 1 is 1.24 bits per heavy atom. The summed E-state index contributed by atoms with van der Waals surface area (Å²) in [4.78, 5) is 6.20. The molecule has 0 aliphatic rings. The molecule has 2 rings (SSSR count). The van der Waals surface area contributed by atoms with Crippen LogP contribution >= 0.6 is 0 Å². The molecule has 1 aromatic heterocycles. The zero-order valence-electron chi connectivity index (χ0n) is 10.4. The quantitative estimate of drug-likeness (QED) is 0.785. The minimum absolute atomic E-state index is 1.06. The van der Waals surface area contributed by atoms with Gasteiger partial charge in [0.1, 0.15) is 12.7 Å². The lowest BCUT2D eigenvalue weighted by molar-refractivity contribution is 0.400. The van der Waals surface area contributed by atoms with E-state index in [4.69, 9.17) is 0 Å². The normalized spacial score (nSPS) is 11.0. The predicted octanol–water partition coefficient (Wildman–Crippen LogP) is 1.76. The Kier molecular flexibility index (Phi) is 3.88. The molecule has 1 heterocycles. The van der Waals surface area contributed by atoms with Crippen LogP contribution in [0.5, 0.6) is 0 Å². The van der Waals surface area contributed by atoms with Crippen molar-refractivity contribution in [3.05, 3.63) is 42.5 Å². The maximum absolute atomic E-state index is 4.19. The average Bonchev–Trinajstić information content (AvgIpc) is 2.82. The molecule has 90 valence electrons. The highest BCUT2D eigenvalue weighted by Crippen LogP contribution is 2.14. The fraction of sp³-hybridized carbons (Fsp3) is 0.385. The molecule has 0 saturated heterocycles. The number of aryl methyl sites for hydroxylation is 1. The molecule has 0 saturated carbocycles. The van der Waals surface area contributed by atoms with Gasteiger partial charge in [-0.2, -0.15) is 5.10 Å². The SMILES string of the molecule is CN(C)CCCc1ccccc1-n1cncn1. The van der Waals surface area contributed by atoms with E-state index >= 15 is 0 Å². The van der Waals surface area contributed by atoms with Gasteiger partial charge < -0.3 is 4.90 Å². The largest absolute Gasteiger partial charge is 0.309 e. The molecule has 4 heteroatoms. The second-order valence-electron chi connectivity index (χ2n) is 4.38. The van der Waals surface area contributed by atoms with Gasteiger partial charge in [0, 0.05) is 0 Å². The van der Waals surface area contributed by atoms with Crippen molar-refractivity contribution in [2.24, 2.45) is 0 Å². The third-order valence-electron chi connectivity index (χ3n) is 2.71. The summed E-state index contributed by atoms with van der Waals surface area (Å²) >= 11 is 0. The van der Waals surface area contributed by atoms with E-state index in [0.29, 0.717) is 0 Å². The van der Waals surface area contributed by atoms with Crippen LogP contribution in [0, 0.1) is 0 Å². The van der Waals surface area contributed by atoms with Crippen LogP contribution < -0.4 is 0 Å². The molecule has 0 radical (unpaired) electrons. The summed E-state index contributed by atoms with van der Waals surface area (Å²) in [7, 11) is 4.20. The van der Waals surface area contributed by atoms with Crippen LogP contribution in [0.25, 0.3) is 5.69 Å². The van der Waals surface area contributed by atoms with Crippen molar-refractivity contribution >= 4 is 0 Å². The second kappa shape index (κ2) is 5.59. The summed E-state index contributed by atoms with van der Waals surface area (Å²) in [5, 5.41) is 4.19. The zero-order valence-corrected chi connectivity index (χ0v) is 10.4. The van der Waals surface area contributed by atoms with Crippen LogP contribution in [0.1, 0.15) is 12.0 Å². The Morgan fingerprint density at radius 3 is 2.76 bits per heavy atom. The van der Waals surface area contributed by atoms with E-state index < -0.39 is 0 Å². The van der Waals surface area contributed by atoms with E-state index in [2.05, 4.69) is 47.3 Å². The topological polar surface area (TPSA) is 34.0 Å². The number of aromatic nitrogens is 3. The van der Waals surface area contributed by atoms with Crippen LogP contribution in [0.2, 0.25) is 0 Å². The summed E-state index contributed by atoms with van der Waals surface area (Å²) in [6.07, 6.45) is 5.52. The maximum Gasteiger partial charge on any atom is 0.138 e. The molecule has 0 spiro atoms. The van der Waals surface area contributed by atoms with Crippen LogP contribution in [0.3, 0.4) is 0 Å². The molecule has 1 aromatic carbocycles. The molecule has 4 nitrogen and oxygen atoms in total. The number of benzene rings is 1. The molecule has 17 heavy (non-hydrogen) atoms. The van der Waals surface area contributed by atoms with E-state index in [-0.39, 0.29) is 0 Å². The number of nitrogens with zero attached hydrogens (tertiary/aromatic N) is 4. The minimum atomic E-state index is 1.06. The van der Waals surface area contributed by atoms with Crippen molar-refractivity contribution in [3.8, 4) is 5.69 Å². The summed E-state index contributed by atoms with van der Waals surface area (Å²) in [5.41, 5.74) is 2.45. The number of para-hydroxylation sites is 1. The number of hydrogen-bond donors (Lipinski definition) is 0. The van der Waals surface area contributed by atoms with Crippen molar-refractivity contribution in [1.82, 2.24) is 19.7 Å². The molecule has 0 aliphatic carbocycles. The van der Waals surface area contributed by atoms with Gasteiger partial charge >= 0.3 is 0 Å². The number of rotatable bonds is 5. The van der Waals surface area contributed by atoms with E-state index in [1.165, 1.54) is 5.56 Å². The summed E-state index contributed by atoms with van der Waals surface area (Å²) in [6, 6.07) is 8.35. The van der Waals surface area contributed by atoms with E-state index in [9.17, 15) is 0 Å². The molecule has 0 unspecified atom stereocenters. The third-order valence-corrected chi connectivity index (χ3v) is 2.71. The molecule has 0 N–H and O–H groups in total. The molecular weight excluding hydrogens is 212 g/mol. The third kappa shape index (κ3) is 3.14. The second-order valence-corrected chi connectivity index (χ2v) is 4.38. The zero-order chi connectivity index (χ0) is 12.1. The Morgan fingerprint density at radius 2 is 2.06 bits per heavy atom. The van der Waals surface area contributed by atoms with Crippen molar-refractivity contribution in [2.75, 3.05) is 20.6 Å².